The van der Waals surface area contributed by atoms with E-state index in [1.54, 1.807) is 30.3 Å². The van der Waals surface area contributed by atoms with Gasteiger partial charge in [-0.2, -0.15) is 5.26 Å². The highest BCUT2D eigenvalue weighted by Gasteiger charge is 2.40. The number of nitrogens with two attached hydrogens (primary N) is 1. The summed E-state index contributed by atoms with van der Waals surface area (Å²) in [4.78, 5) is 26.4. The Hall–Kier alpha value is -2.46. The summed E-state index contributed by atoms with van der Waals surface area (Å²) in [5.74, 6) is -1.13. The maximum absolute atomic E-state index is 13.2. The summed E-state index contributed by atoms with van der Waals surface area (Å²) in [5, 5.41) is 10.1. The molecule has 1 atom stereocenters. The molecule has 0 aliphatic carbocycles. The van der Waals surface area contributed by atoms with Gasteiger partial charge >= 0.3 is 0 Å². The zero-order chi connectivity index (χ0) is 20.4. The monoisotopic (exact) mass is 431 g/mol. The quantitative estimate of drug-likeness (QED) is 0.579. The molecule has 3 rings (SSSR count). The number of carbonyl (C=O) groups is 2. The van der Waals surface area contributed by atoms with Gasteiger partial charge in [-0.1, -0.05) is 47.1 Å². The summed E-state index contributed by atoms with van der Waals surface area (Å²) in [6.07, 6.45) is 0.298. The highest BCUT2D eigenvalue weighted by Crippen LogP contribution is 2.42. The minimum atomic E-state index is -0.878. The van der Waals surface area contributed by atoms with Crippen LogP contribution in [0.3, 0.4) is 0 Å². The lowest BCUT2D eigenvalue weighted by Gasteiger charge is -2.18. The first-order valence-electron chi connectivity index (χ1n) is 8.27. The van der Waals surface area contributed by atoms with E-state index in [4.69, 9.17) is 28.9 Å². The first kappa shape index (κ1) is 20.3. The lowest BCUT2D eigenvalue weighted by Crippen LogP contribution is -2.31. The van der Waals surface area contributed by atoms with Crippen LogP contribution in [0, 0.1) is 18.3 Å². The normalized spacial score (nSPS) is 18.1. The van der Waals surface area contributed by atoms with E-state index in [9.17, 15) is 14.9 Å². The lowest BCUT2D eigenvalue weighted by atomic mass is 10.1. The van der Waals surface area contributed by atoms with Gasteiger partial charge in [0.1, 0.15) is 16.7 Å². The number of aryl methyl sites for hydroxylation is 1. The predicted molar refractivity (Wildman–Crippen MR) is 112 cm³/mol. The van der Waals surface area contributed by atoms with Crippen LogP contribution in [0.5, 0.6) is 0 Å². The molecule has 2 amide bonds. The van der Waals surface area contributed by atoms with E-state index in [0.29, 0.717) is 27.7 Å². The van der Waals surface area contributed by atoms with Crippen molar-refractivity contribution >= 4 is 52.5 Å². The van der Waals surface area contributed by atoms with Gasteiger partial charge in [0.2, 0.25) is 5.91 Å². The SMILES string of the molecule is Cc1cccc(N2C(=O)C(Cc3cc(Cl)ccc3Cl)S/C2=C(\C#N)C(N)=O)c1. The number of hydrogen-bond donors (Lipinski definition) is 1. The summed E-state index contributed by atoms with van der Waals surface area (Å²) >= 11 is 13.4. The number of rotatable bonds is 4. The van der Waals surface area contributed by atoms with Crippen molar-refractivity contribution in [3.8, 4) is 6.07 Å². The Balaban J connectivity index is 2.07. The Morgan fingerprint density at radius 2 is 2.04 bits per heavy atom. The largest absolute Gasteiger partial charge is 0.365 e. The molecule has 0 aromatic heterocycles. The topological polar surface area (TPSA) is 87.2 Å². The molecule has 2 aromatic rings. The highest BCUT2D eigenvalue weighted by atomic mass is 35.5. The molecule has 1 aliphatic rings. The summed E-state index contributed by atoms with van der Waals surface area (Å²) in [7, 11) is 0. The third-order valence-electron chi connectivity index (χ3n) is 4.20. The highest BCUT2D eigenvalue weighted by molar-refractivity contribution is 8.05. The summed E-state index contributed by atoms with van der Waals surface area (Å²) in [6.45, 7) is 1.89. The average Bonchev–Trinajstić information content (AvgIpc) is 2.94. The fourth-order valence-corrected chi connectivity index (χ4v) is 4.59. The molecule has 0 saturated carbocycles. The lowest BCUT2D eigenvalue weighted by molar-refractivity contribution is -0.117. The van der Waals surface area contributed by atoms with Crippen LogP contribution in [0.15, 0.2) is 53.1 Å². The maximum Gasteiger partial charge on any atom is 0.262 e. The molecule has 2 N–H and O–H groups in total. The van der Waals surface area contributed by atoms with E-state index < -0.39 is 11.2 Å². The number of carbonyl (C=O) groups excluding carboxylic acids is 2. The third-order valence-corrected chi connectivity index (χ3v) is 6.06. The van der Waals surface area contributed by atoms with E-state index in [1.807, 2.05) is 25.1 Å². The smallest absolute Gasteiger partial charge is 0.262 e. The Morgan fingerprint density at radius 1 is 1.29 bits per heavy atom. The second kappa shape index (κ2) is 8.27. The second-order valence-corrected chi connectivity index (χ2v) is 8.25. The van der Waals surface area contributed by atoms with Crippen LogP contribution < -0.4 is 10.6 Å². The van der Waals surface area contributed by atoms with Crippen molar-refractivity contribution in [3.63, 3.8) is 0 Å². The van der Waals surface area contributed by atoms with Gasteiger partial charge in [-0.25, -0.2) is 0 Å². The van der Waals surface area contributed by atoms with Crippen LogP contribution in [-0.2, 0) is 16.0 Å². The Bertz CT molecular complexity index is 1050. The zero-order valence-electron chi connectivity index (χ0n) is 14.8. The zero-order valence-corrected chi connectivity index (χ0v) is 17.1. The molecule has 1 saturated heterocycles. The number of primary amides is 1. The third kappa shape index (κ3) is 4.02. The summed E-state index contributed by atoms with van der Waals surface area (Å²) in [6, 6.07) is 14.1. The van der Waals surface area contributed by atoms with Gasteiger partial charge in [-0.3, -0.25) is 14.5 Å². The fourth-order valence-electron chi connectivity index (χ4n) is 2.90. The van der Waals surface area contributed by atoms with E-state index in [-0.39, 0.29) is 16.5 Å². The van der Waals surface area contributed by atoms with Gasteiger partial charge in [0.25, 0.3) is 5.91 Å². The van der Waals surface area contributed by atoms with Crippen LogP contribution in [0.2, 0.25) is 10.0 Å². The van der Waals surface area contributed by atoms with Gasteiger partial charge in [-0.05, 0) is 54.8 Å². The number of thioether (sulfide) groups is 1. The van der Waals surface area contributed by atoms with Gasteiger partial charge in [0, 0.05) is 15.7 Å². The molecular formula is C20H15Cl2N3O2S. The number of nitriles is 1. The van der Waals surface area contributed by atoms with Crippen molar-refractivity contribution in [1.82, 2.24) is 0 Å². The predicted octanol–water partition coefficient (Wildman–Crippen LogP) is 4.21. The van der Waals surface area contributed by atoms with E-state index >= 15 is 0 Å². The van der Waals surface area contributed by atoms with E-state index in [0.717, 1.165) is 17.3 Å². The summed E-state index contributed by atoms with van der Waals surface area (Å²) < 4.78 is 0. The molecule has 1 unspecified atom stereocenters. The van der Waals surface area contributed by atoms with Crippen molar-refractivity contribution in [2.45, 2.75) is 18.6 Å². The Kier molecular flexibility index (Phi) is 5.99. The second-order valence-electron chi connectivity index (χ2n) is 6.22. The molecule has 8 heteroatoms. The van der Waals surface area contributed by atoms with Crippen LogP contribution >= 0.6 is 35.0 Å². The van der Waals surface area contributed by atoms with Crippen LogP contribution in [-0.4, -0.2) is 17.1 Å². The first-order chi connectivity index (χ1) is 13.3. The molecule has 1 fully saturated rings. The number of hydrogen-bond acceptors (Lipinski definition) is 4. The summed E-state index contributed by atoms with van der Waals surface area (Å²) in [5.41, 5.74) is 7.35. The van der Waals surface area contributed by atoms with Gasteiger partial charge in [-0.15, -0.1) is 0 Å². The molecule has 0 spiro atoms. The average molecular weight is 432 g/mol. The Labute approximate surface area is 176 Å². The number of amides is 2. The standard InChI is InChI=1S/C20H15Cl2N3O2S/c1-11-3-2-4-14(7-11)25-19(27)17(28-20(25)15(10-23)18(24)26)9-12-8-13(21)5-6-16(12)22/h2-8,17H,9H2,1H3,(H2,24,26)/b20-15+. The van der Waals surface area contributed by atoms with Crippen LogP contribution in [0.1, 0.15) is 11.1 Å². The molecule has 1 heterocycles. The number of anilines is 1. The van der Waals surface area contributed by atoms with Crippen molar-refractivity contribution in [2.75, 3.05) is 4.90 Å². The molecule has 28 heavy (non-hydrogen) atoms. The minimum Gasteiger partial charge on any atom is -0.365 e. The molecule has 1 aliphatic heterocycles. The van der Waals surface area contributed by atoms with Crippen molar-refractivity contribution < 1.29 is 9.59 Å². The molecule has 2 aromatic carbocycles. The van der Waals surface area contributed by atoms with Crippen molar-refractivity contribution in [3.05, 3.63) is 74.2 Å². The number of halogens is 2. The van der Waals surface area contributed by atoms with E-state index in [1.165, 1.54) is 4.90 Å². The molecule has 0 radical (unpaired) electrons. The van der Waals surface area contributed by atoms with Gasteiger partial charge in [0.05, 0.1) is 5.25 Å². The molecule has 5 nitrogen and oxygen atoms in total. The van der Waals surface area contributed by atoms with Crippen molar-refractivity contribution in [1.29, 1.82) is 5.26 Å². The van der Waals surface area contributed by atoms with Gasteiger partial charge in [0.15, 0.2) is 0 Å². The minimum absolute atomic E-state index is 0.230. The molecular weight excluding hydrogens is 417 g/mol. The fraction of sp³-hybridized carbons (Fsp3) is 0.150. The maximum atomic E-state index is 13.2. The van der Waals surface area contributed by atoms with Gasteiger partial charge < -0.3 is 5.73 Å². The number of nitrogens with zero attached hydrogens (tertiary/aromatic N) is 2. The van der Waals surface area contributed by atoms with Crippen LogP contribution in [0.4, 0.5) is 5.69 Å². The Morgan fingerprint density at radius 3 is 2.68 bits per heavy atom. The number of benzene rings is 2. The van der Waals surface area contributed by atoms with Crippen LogP contribution in [0.25, 0.3) is 0 Å². The molecule has 0 bridgehead atoms. The van der Waals surface area contributed by atoms with Crippen molar-refractivity contribution in [2.24, 2.45) is 5.73 Å². The first-order valence-corrected chi connectivity index (χ1v) is 9.90. The molecule has 142 valence electrons. The van der Waals surface area contributed by atoms with E-state index in [2.05, 4.69) is 0 Å².